The van der Waals surface area contributed by atoms with Crippen molar-refractivity contribution in [2.75, 3.05) is 0 Å². The number of aryl methyl sites for hydroxylation is 1. The van der Waals surface area contributed by atoms with Crippen LogP contribution in [0.15, 0.2) is 69.8 Å². The van der Waals surface area contributed by atoms with Gasteiger partial charge in [-0.2, -0.15) is 17.9 Å². The largest absolute Gasteiger partial charge is 0.505 e. The van der Waals surface area contributed by atoms with Crippen LogP contribution in [0.5, 0.6) is 5.75 Å². The van der Waals surface area contributed by atoms with Gasteiger partial charge in [0, 0.05) is 11.8 Å². The molecule has 0 radical (unpaired) electrons. The van der Waals surface area contributed by atoms with E-state index >= 15 is 0 Å². The number of para-hydroxylation sites is 1. The van der Waals surface area contributed by atoms with Crippen LogP contribution in [-0.2, 0) is 6.18 Å². The third-order valence-electron chi connectivity index (χ3n) is 4.87. The molecular weight excluding hydrogens is 469 g/mol. The Morgan fingerprint density at radius 2 is 1.86 bits per heavy atom. The molecule has 0 atom stereocenters. The molecule has 0 saturated heterocycles. The van der Waals surface area contributed by atoms with Gasteiger partial charge in [-0.1, -0.05) is 24.3 Å². The van der Waals surface area contributed by atoms with E-state index in [2.05, 4.69) is 25.3 Å². The maximum Gasteiger partial charge on any atom is 0.433 e. The highest BCUT2D eigenvalue weighted by Crippen LogP contribution is 2.38. The molecule has 0 spiro atoms. The van der Waals surface area contributed by atoms with E-state index in [-0.39, 0.29) is 33.9 Å². The number of nitrogens with one attached hydrogen (secondary N) is 1. The molecule has 0 bridgehead atoms. The highest BCUT2D eigenvalue weighted by molar-refractivity contribution is 5.90. The first-order valence-corrected chi connectivity index (χ1v) is 9.86. The molecule has 2 heterocycles. The molecule has 2 aromatic heterocycles. The van der Waals surface area contributed by atoms with Gasteiger partial charge >= 0.3 is 17.7 Å². The van der Waals surface area contributed by atoms with Gasteiger partial charge in [0.05, 0.1) is 11.3 Å². The predicted molar refractivity (Wildman–Crippen MR) is 116 cm³/mol. The molecule has 35 heavy (non-hydrogen) atoms. The summed E-state index contributed by atoms with van der Waals surface area (Å²) in [7, 11) is 0. The molecule has 178 valence electrons. The second-order valence-electron chi connectivity index (χ2n) is 7.22. The molecule has 0 aliphatic carbocycles. The predicted octanol–water partition coefficient (Wildman–Crippen LogP) is 4.77. The van der Waals surface area contributed by atoms with Crippen LogP contribution >= 0.6 is 0 Å². The van der Waals surface area contributed by atoms with E-state index in [1.54, 1.807) is 18.2 Å². The topological polar surface area (TPSA) is 146 Å². The number of phenols is 1. The van der Waals surface area contributed by atoms with E-state index in [0.29, 0.717) is 16.3 Å². The lowest BCUT2D eigenvalue weighted by Gasteiger charge is -2.07. The molecular formula is C22H15F3N6O4. The van der Waals surface area contributed by atoms with Crippen LogP contribution in [0.1, 0.15) is 21.7 Å². The summed E-state index contributed by atoms with van der Waals surface area (Å²) in [6.07, 6.45) is -3.85. The number of aromatic nitrogens is 4. The lowest BCUT2D eigenvalue weighted by Crippen LogP contribution is -2.19. The molecule has 0 saturated carbocycles. The smallest absolute Gasteiger partial charge is 0.433 e. The number of carboxylic acid groups (broad SMARTS) is 1. The van der Waals surface area contributed by atoms with Crippen LogP contribution in [0.25, 0.3) is 17.1 Å². The summed E-state index contributed by atoms with van der Waals surface area (Å²) in [5, 5.41) is 30.2. The summed E-state index contributed by atoms with van der Waals surface area (Å²) in [6, 6.07) is 11.1. The number of carboxylic acids is 1. The SMILES string of the molecule is Cc1[nH]n(-c2nccc(C(F)(F)F)n2)c(=O)c1N=Nc1cccc(-c2cccc(C(=O)O)c2)c1O. The first-order chi connectivity index (χ1) is 16.6. The third kappa shape index (κ3) is 4.64. The maximum absolute atomic E-state index is 13.0. The Hall–Kier alpha value is -4.81. The number of phenolic OH excluding ortho intramolecular Hbond substituents is 1. The Bertz CT molecular complexity index is 1520. The number of halogens is 3. The van der Waals surface area contributed by atoms with Crippen molar-refractivity contribution < 1.29 is 28.2 Å². The van der Waals surface area contributed by atoms with Gasteiger partial charge in [0.1, 0.15) is 11.4 Å². The number of hydrogen-bond donors (Lipinski definition) is 3. The summed E-state index contributed by atoms with van der Waals surface area (Å²) in [5.41, 5.74) is -1.44. The number of nitrogens with zero attached hydrogens (tertiary/aromatic N) is 5. The standard InChI is InChI=1S/C22H15F3N6O4/c1-11-17(19(33)31(30-11)21-26-9-8-16(27-21)22(23,24)25)29-28-15-7-3-6-14(18(15)32)12-4-2-5-13(10-12)20(34)35/h2-10,30,32H,1H3,(H,34,35). The normalized spacial score (nSPS) is 11.8. The Labute approximate surface area is 194 Å². The number of aromatic amines is 1. The summed E-state index contributed by atoms with van der Waals surface area (Å²) in [4.78, 5) is 31.1. The number of rotatable bonds is 5. The lowest BCUT2D eigenvalue weighted by atomic mass is 10.0. The van der Waals surface area contributed by atoms with Crippen molar-refractivity contribution in [3.8, 4) is 22.8 Å². The summed E-state index contributed by atoms with van der Waals surface area (Å²) in [6.45, 7) is 1.45. The fourth-order valence-corrected chi connectivity index (χ4v) is 3.18. The average molecular weight is 484 g/mol. The number of azo groups is 1. The molecule has 0 aliphatic rings. The van der Waals surface area contributed by atoms with Crippen molar-refractivity contribution in [2.45, 2.75) is 13.1 Å². The molecule has 0 fully saturated rings. The lowest BCUT2D eigenvalue weighted by molar-refractivity contribution is -0.141. The van der Waals surface area contributed by atoms with Crippen LogP contribution in [0.4, 0.5) is 24.5 Å². The van der Waals surface area contributed by atoms with Crippen LogP contribution in [0, 0.1) is 6.92 Å². The van der Waals surface area contributed by atoms with E-state index in [1.165, 1.54) is 31.2 Å². The van der Waals surface area contributed by atoms with E-state index in [0.717, 1.165) is 6.20 Å². The van der Waals surface area contributed by atoms with E-state index < -0.39 is 29.3 Å². The van der Waals surface area contributed by atoms with Crippen molar-refractivity contribution in [2.24, 2.45) is 10.2 Å². The monoisotopic (exact) mass is 484 g/mol. The van der Waals surface area contributed by atoms with Gasteiger partial charge < -0.3 is 10.2 Å². The van der Waals surface area contributed by atoms with E-state index in [9.17, 15) is 33.0 Å². The zero-order valence-corrected chi connectivity index (χ0v) is 17.8. The van der Waals surface area contributed by atoms with Crippen LogP contribution in [0.3, 0.4) is 0 Å². The Morgan fingerprint density at radius 3 is 2.57 bits per heavy atom. The van der Waals surface area contributed by atoms with Gasteiger partial charge in [-0.05, 0) is 36.8 Å². The van der Waals surface area contributed by atoms with Crippen LogP contribution < -0.4 is 5.56 Å². The zero-order valence-electron chi connectivity index (χ0n) is 17.8. The van der Waals surface area contributed by atoms with E-state index in [4.69, 9.17) is 0 Å². The molecule has 4 aromatic rings. The van der Waals surface area contributed by atoms with Gasteiger partial charge in [-0.25, -0.2) is 14.8 Å². The minimum atomic E-state index is -4.72. The van der Waals surface area contributed by atoms with Crippen molar-refractivity contribution in [3.63, 3.8) is 0 Å². The minimum Gasteiger partial charge on any atom is -0.505 e. The van der Waals surface area contributed by atoms with E-state index in [1.807, 2.05) is 0 Å². The molecule has 13 heteroatoms. The number of hydrogen-bond acceptors (Lipinski definition) is 7. The molecule has 0 unspecified atom stereocenters. The van der Waals surface area contributed by atoms with Gasteiger partial charge in [0.15, 0.2) is 11.4 Å². The summed E-state index contributed by atoms with van der Waals surface area (Å²) >= 11 is 0. The van der Waals surface area contributed by atoms with Gasteiger partial charge in [-0.3, -0.25) is 9.89 Å². The number of alkyl halides is 3. The first kappa shape index (κ1) is 23.4. The number of H-pyrrole nitrogens is 1. The highest BCUT2D eigenvalue weighted by Gasteiger charge is 2.33. The summed E-state index contributed by atoms with van der Waals surface area (Å²) < 4.78 is 39.6. The van der Waals surface area contributed by atoms with Crippen molar-refractivity contribution in [1.29, 1.82) is 0 Å². The first-order valence-electron chi connectivity index (χ1n) is 9.86. The molecule has 3 N–H and O–H groups in total. The molecule has 4 rings (SSSR count). The number of aromatic hydroxyl groups is 1. The Balaban J connectivity index is 1.70. The Morgan fingerprint density at radius 1 is 1.11 bits per heavy atom. The average Bonchev–Trinajstić information content (AvgIpc) is 3.11. The zero-order chi connectivity index (χ0) is 25.3. The van der Waals surface area contributed by atoms with Crippen molar-refractivity contribution >= 4 is 17.3 Å². The molecule has 10 nitrogen and oxygen atoms in total. The molecule has 0 aliphatic heterocycles. The summed E-state index contributed by atoms with van der Waals surface area (Å²) in [5.74, 6) is -1.97. The van der Waals surface area contributed by atoms with Gasteiger partial charge in [0.2, 0.25) is 0 Å². The quantitative estimate of drug-likeness (QED) is 0.348. The number of aromatic carboxylic acids is 1. The fourth-order valence-electron chi connectivity index (χ4n) is 3.18. The maximum atomic E-state index is 13.0. The second-order valence-corrected chi connectivity index (χ2v) is 7.22. The van der Waals surface area contributed by atoms with Gasteiger partial charge in [-0.15, -0.1) is 10.2 Å². The molecule has 0 amide bonds. The van der Waals surface area contributed by atoms with Crippen molar-refractivity contribution in [1.82, 2.24) is 19.7 Å². The number of carbonyl (C=O) groups is 1. The number of benzene rings is 2. The Kier molecular flexibility index (Phi) is 5.91. The fraction of sp³-hybridized carbons (Fsp3) is 0.0909. The van der Waals surface area contributed by atoms with Crippen LogP contribution in [0.2, 0.25) is 0 Å². The van der Waals surface area contributed by atoms with Gasteiger partial charge in [0.25, 0.3) is 5.95 Å². The second kappa shape index (κ2) is 8.85. The third-order valence-corrected chi connectivity index (χ3v) is 4.87. The minimum absolute atomic E-state index is 0.0224. The highest BCUT2D eigenvalue weighted by atomic mass is 19.4. The molecule has 2 aromatic carbocycles. The van der Waals surface area contributed by atoms with Crippen molar-refractivity contribution in [3.05, 3.63) is 82.0 Å². The van der Waals surface area contributed by atoms with Crippen LogP contribution in [-0.4, -0.2) is 35.9 Å².